The Morgan fingerprint density at radius 1 is 1.02 bits per heavy atom. The molecule has 0 aliphatic carbocycles. The van der Waals surface area contributed by atoms with Crippen LogP contribution in [0.25, 0.3) is 22.2 Å². The van der Waals surface area contributed by atoms with Crippen LogP contribution < -0.4 is 21.9 Å². The van der Waals surface area contributed by atoms with Crippen molar-refractivity contribution in [3.63, 3.8) is 0 Å². The number of hydrogen-bond acceptors (Lipinski definition) is 6. The van der Waals surface area contributed by atoms with Crippen molar-refractivity contribution in [2.24, 2.45) is 0 Å². The van der Waals surface area contributed by atoms with E-state index in [0.29, 0.717) is 32.7 Å². The maximum absolute atomic E-state index is 14.5. The third-order valence-electron chi connectivity index (χ3n) is 6.53. The van der Waals surface area contributed by atoms with E-state index in [-0.39, 0.29) is 31.2 Å². The highest BCUT2D eigenvalue weighted by molar-refractivity contribution is 6.33. The van der Waals surface area contributed by atoms with Crippen LogP contribution in [-0.4, -0.2) is 34.2 Å². The summed E-state index contributed by atoms with van der Waals surface area (Å²) in [5.41, 5.74) is 7.61. The molecule has 0 bridgehead atoms. The van der Waals surface area contributed by atoms with Gasteiger partial charge in [0.25, 0.3) is 11.5 Å². The Labute approximate surface area is 234 Å². The van der Waals surface area contributed by atoms with Crippen molar-refractivity contribution in [1.82, 2.24) is 14.5 Å². The number of carbonyl (C=O) groups is 1. The van der Waals surface area contributed by atoms with Gasteiger partial charge in [0.2, 0.25) is 0 Å². The summed E-state index contributed by atoms with van der Waals surface area (Å²) in [7, 11) is 1.49. The number of anilines is 2. The summed E-state index contributed by atoms with van der Waals surface area (Å²) in [4.78, 5) is 48.7. The fraction of sp³-hybridized carbons (Fsp3) is 0.133. The molecule has 3 aromatic carbocycles. The van der Waals surface area contributed by atoms with Gasteiger partial charge in [-0.15, -0.1) is 0 Å². The van der Waals surface area contributed by atoms with Gasteiger partial charge in [0.1, 0.15) is 5.82 Å². The van der Waals surface area contributed by atoms with Gasteiger partial charge >= 0.3 is 5.69 Å². The molecule has 10 heteroatoms. The van der Waals surface area contributed by atoms with Gasteiger partial charge in [-0.3, -0.25) is 24.0 Å². The number of H-pyrrole nitrogens is 1. The lowest BCUT2D eigenvalue weighted by molar-refractivity contribution is 0.0986. The molecule has 40 heavy (non-hydrogen) atoms. The Bertz CT molecular complexity index is 1820. The second kappa shape index (κ2) is 11.6. The molecule has 0 atom stereocenters. The molecule has 202 valence electrons. The minimum atomic E-state index is -0.773. The molecule has 2 aromatic heterocycles. The number of methoxy groups -OCH3 is 1. The molecule has 2 heterocycles. The van der Waals surface area contributed by atoms with E-state index >= 15 is 0 Å². The average Bonchev–Trinajstić information content (AvgIpc) is 2.96. The van der Waals surface area contributed by atoms with Crippen molar-refractivity contribution in [3.05, 3.63) is 122 Å². The van der Waals surface area contributed by atoms with Crippen molar-refractivity contribution in [2.75, 3.05) is 24.4 Å². The molecule has 9 nitrogen and oxygen atoms in total. The van der Waals surface area contributed by atoms with Crippen LogP contribution in [0.15, 0.2) is 94.5 Å². The van der Waals surface area contributed by atoms with Crippen molar-refractivity contribution < 1.29 is 9.53 Å². The van der Waals surface area contributed by atoms with Crippen LogP contribution in [0.1, 0.15) is 15.9 Å². The highest BCUT2D eigenvalue weighted by Crippen LogP contribution is 2.31. The number of hydrogen-bond donors (Lipinski definition) is 2. The number of carbonyl (C=O) groups excluding carboxylic acids is 1. The summed E-state index contributed by atoms with van der Waals surface area (Å²) in [6.07, 6.45) is 0. The quantitative estimate of drug-likeness (QED) is 0.291. The minimum absolute atomic E-state index is 0.0213. The van der Waals surface area contributed by atoms with Crippen LogP contribution in [0.2, 0.25) is 5.02 Å². The topological polar surface area (TPSA) is 123 Å². The first-order valence-corrected chi connectivity index (χ1v) is 12.9. The zero-order valence-corrected chi connectivity index (χ0v) is 22.4. The molecule has 5 rings (SSSR count). The minimum Gasteiger partial charge on any atom is -0.383 e. The van der Waals surface area contributed by atoms with Gasteiger partial charge in [-0.25, -0.2) is 9.78 Å². The third kappa shape index (κ3) is 5.25. The van der Waals surface area contributed by atoms with Gasteiger partial charge < -0.3 is 10.5 Å². The number of nitrogens with two attached hydrogens (primary N) is 1. The van der Waals surface area contributed by atoms with E-state index in [9.17, 15) is 14.4 Å². The number of pyridine rings is 1. The van der Waals surface area contributed by atoms with Gasteiger partial charge in [0, 0.05) is 23.1 Å². The van der Waals surface area contributed by atoms with E-state index in [2.05, 4.69) is 4.98 Å². The van der Waals surface area contributed by atoms with Crippen LogP contribution in [0.3, 0.4) is 0 Å². The third-order valence-corrected chi connectivity index (χ3v) is 6.86. The molecule has 0 saturated carbocycles. The molecule has 1 amide bonds. The van der Waals surface area contributed by atoms with Gasteiger partial charge in [0.15, 0.2) is 5.69 Å². The first-order chi connectivity index (χ1) is 19.4. The summed E-state index contributed by atoms with van der Waals surface area (Å²) in [5.74, 6) is -0.635. The van der Waals surface area contributed by atoms with Crippen LogP contribution in [0.5, 0.6) is 0 Å². The standard InChI is InChI=1S/C30H26ClN5O4/c1-40-16-15-35-27(32)26(28(37)34-30(35)39)36(18-19-9-3-2-4-10-19)29(38)22-17-25(21-12-5-7-13-23(21)31)33-24-14-8-6-11-20(22)24/h2-14,17H,15-16,18,32H2,1H3,(H,34,37,39). The van der Waals surface area contributed by atoms with Crippen molar-refractivity contribution >= 4 is 39.9 Å². The number of ether oxygens (including phenoxy) is 1. The van der Waals surface area contributed by atoms with E-state index in [1.54, 1.807) is 24.3 Å². The van der Waals surface area contributed by atoms with E-state index in [1.807, 2.05) is 60.7 Å². The number of fused-ring (bicyclic) bond motifs is 1. The fourth-order valence-corrected chi connectivity index (χ4v) is 4.80. The normalized spacial score (nSPS) is 11.1. The fourth-order valence-electron chi connectivity index (χ4n) is 4.57. The van der Waals surface area contributed by atoms with Crippen molar-refractivity contribution in [1.29, 1.82) is 0 Å². The maximum atomic E-state index is 14.5. The smallest absolute Gasteiger partial charge is 0.330 e. The molecule has 0 fully saturated rings. The molecule has 0 unspecified atom stereocenters. The molecule has 3 N–H and O–H groups in total. The molecule has 0 radical (unpaired) electrons. The lowest BCUT2D eigenvalue weighted by Crippen LogP contribution is -2.41. The van der Waals surface area contributed by atoms with Crippen molar-refractivity contribution in [3.8, 4) is 11.3 Å². The van der Waals surface area contributed by atoms with Crippen LogP contribution in [0.4, 0.5) is 11.5 Å². The highest BCUT2D eigenvalue weighted by Gasteiger charge is 2.27. The van der Waals surface area contributed by atoms with Gasteiger partial charge in [0.05, 0.1) is 36.5 Å². The summed E-state index contributed by atoms with van der Waals surface area (Å²) < 4.78 is 6.29. The van der Waals surface area contributed by atoms with Crippen molar-refractivity contribution in [2.45, 2.75) is 13.1 Å². The Morgan fingerprint density at radius 3 is 2.48 bits per heavy atom. The Balaban J connectivity index is 1.74. The van der Waals surface area contributed by atoms with E-state index in [1.165, 1.54) is 16.6 Å². The molecular formula is C30H26ClN5O4. The number of aromatic amines is 1. The first-order valence-electron chi connectivity index (χ1n) is 12.5. The second-order valence-electron chi connectivity index (χ2n) is 9.07. The lowest BCUT2D eigenvalue weighted by atomic mass is 10.0. The first kappa shape index (κ1) is 26.9. The average molecular weight is 556 g/mol. The number of benzene rings is 3. The Morgan fingerprint density at radius 2 is 1.73 bits per heavy atom. The maximum Gasteiger partial charge on any atom is 0.330 e. The monoisotopic (exact) mass is 555 g/mol. The second-order valence-corrected chi connectivity index (χ2v) is 9.47. The summed E-state index contributed by atoms with van der Waals surface area (Å²) in [6.45, 7) is 0.291. The zero-order valence-electron chi connectivity index (χ0n) is 21.6. The molecule has 0 saturated heterocycles. The number of nitrogens with zero attached hydrogens (tertiary/aromatic N) is 3. The number of nitrogens with one attached hydrogen (secondary N) is 1. The van der Waals surface area contributed by atoms with E-state index in [4.69, 9.17) is 27.1 Å². The number of rotatable bonds is 8. The number of halogens is 1. The van der Waals surface area contributed by atoms with Gasteiger partial charge in [-0.05, 0) is 23.8 Å². The summed E-state index contributed by atoms with van der Waals surface area (Å²) >= 11 is 6.48. The molecule has 0 aliphatic rings. The predicted octanol–water partition coefficient (Wildman–Crippen LogP) is 4.48. The predicted molar refractivity (Wildman–Crippen MR) is 157 cm³/mol. The zero-order chi connectivity index (χ0) is 28.2. The largest absolute Gasteiger partial charge is 0.383 e. The molecule has 0 spiro atoms. The number of para-hydroxylation sites is 1. The molecular weight excluding hydrogens is 530 g/mol. The number of amides is 1. The Kier molecular flexibility index (Phi) is 7.77. The lowest BCUT2D eigenvalue weighted by Gasteiger charge is -2.25. The summed E-state index contributed by atoms with van der Waals surface area (Å²) in [5, 5.41) is 1.07. The number of nitrogen functional groups attached to an aromatic ring is 1. The SMILES string of the molecule is COCCn1c(N)c(N(Cc2ccccc2)C(=O)c2cc(-c3ccccc3Cl)nc3ccccc23)c(=O)[nH]c1=O. The van der Waals surface area contributed by atoms with Gasteiger partial charge in [-0.2, -0.15) is 0 Å². The van der Waals surface area contributed by atoms with Crippen LogP contribution >= 0.6 is 11.6 Å². The van der Waals surface area contributed by atoms with Gasteiger partial charge in [-0.1, -0.05) is 78.3 Å². The molecule has 5 aromatic rings. The van der Waals surface area contributed by atoms with E-state index < -0.39 is 17.2 Å². The van der Waals surface area contributed by atoms with Crippen LogP contribution in [0, 0.1) is 0 Å². The van der Waals surface area contributed by atoms with Crippen LogP contribution in [-0.2, 0) is 17.8 Å². The number of aromatic nitrogens is 3. The Hall–Kier alpha value is -4.73. The highest BCUT2D eigenvalue weighted by atomic mass is 35.5. The summed E-state index contributed by atoms with van der Waals surface area (Å²) in [6, 6.07) is 25.3. The molecule has 0 aliphatic heterocycles. The van der Waals surface area contributed by atoms with E-state index in [0.717, 1.165) is 5.56 Å².